The Morgan fingerprint density at radius 3 is 2.54 bits per heavy atom. The highest BCUT2D eigenvalue weighted by Gasteiger charge is 2.17. The second-order valence-corrected chi connectivity index (χ2v) is 7.27. The van der Waals surface area contributed by atoms with E-state index < -0.39 is 4.92 Å². The number of fused-ring (bicyclic) bond motifs is 1. The van der Waals surface area contributed by atoms with Crippen LogP contribution in [0.15, 0.2) is 42.5 Å². The first-order valence-electron chi connectivity index (χ1n) is 9.86. The van der Waals surface area contributed by atoms with Crippen LogP contribution in [0.4, 0.5) is 11.4 Å². The van der Waals surface area contributed by atoms with E-state index >= 15 is 0 Å². The molecule has 2 aromatic carbocycles. The Hall–Kier alpha value is -2.93. The van der Waals surface area contributed by atoms with Crippen molar-refractivity contribution >= 4 is 22.4 Å². The van der Waals surface area contributed by atoms with Crippen LogP contribution < -0.4 is 4.90 Å². The molecule has 0 amide bonds. The number of nitro groups is 1. The molecule has 0 aliphatic carbocycles. The fraction of sp³-hybridized carbons (Fsp3) is 0.381. The molecule has 4 rings (SSSR count). The second kappa shape index (κ2) is 7.98. The van der Waals surface area contributed by atoms with E-state index in [2.05, 4.69) is 51.0 Å². The number of aromatic amines is 1. The summed E-state index contributed by atoms with van der Waals surface area (Å²) in [6.45, 7) is 7.78. The highest BCUT2D eigenvalue weighted by atomic mass is 16.6. The van der Waals surface area contributed by atoms with Crippen molar-refractivity contribution < 1.29 is 4.92 Å². The zero-order valence-corrected chi connectivity index (χ0v) is 16.1. The minimum absolute atomic E-state index is 0.0659. The molecule has 0 unspecified atom stereocenters. The van der Waals surface area contributed by atoms with Gasteiger partial charge in [0.1, 0.15) is 5.82 Å². The summed E-state index contributed by atoms with van der Waals surface area (Å²) >= 11 is 0. The van der Waals surface area contributed by atoms with Crippen molar-refractivity contribution in [2.75, 3.05) is 37.6 Å². The van der Waals surface area contributed by atoms with Crippen LogP contribution in [0.25, 0.3) is 22.4 Å². The fourth-order valence-corrected chi connectivity index (χ4v) is 3.69. The van der Waals surface area contributed by atoms with Crippen molar-refractivity contribution in [1.29, 1.82) is 0 Å². The average Bonchev–Trinajstić information content (AvgIpc) is 3.16. The summed E-state index contributed by atoms with van der Waals surface area (Å²) in [6.07, 6.45) is 2.52. The van der Waals surface area contributed by atoms with Gasteiger partial charge in [0.15, 0.2) is 0 Å². The Bertz CT molecular complexity index is 959. The van der Waals surface area contributed by atoms with Gasteiger partial charge >= 0.3 is 0 Å². The average molecular weight is 379 g/mol. The normalized spacial score (nSPS) is 15.2. The minimum atomic E-state index is -0.392. The number of benzene rings is 2. The maximum atomic E-state index is 10.9. The molecule has 0 bridgehead atoms. The highest BCUT2D eigenvalue weighted by Crippen LogP contribution is 2.26. The van der Waals surface area contributed by atoms with Gasteiger partial charge in [-0.05, 0) is 43.3 Å². The number of H-pyrrole nitrogens is 1. The SMILES string of the molecule is CCCCN1CCN(c2ccc(-c3nc4ccc([N+](=O)[O-])cc4[nH]3)cc2)CC1. The number of nitro benzene ring substituents is 1. The van der Waals surface area contributed by atoms with E-state index in [1.807, 2.05) is 0 Å². The van der Waals surface area contributed by atoms with Crippen molar-refractivity contribution in [3.05, 3.63) is 52.6 Å². The molecular formula is C21H25N5O2. The predicted molar refractivity (Wildman–Crippen MR) is 112 cm³/mol. The Labute approximate surface area is 164 Å². The zero-order chi connectivity index (χ0) is 19.5. The molecule has 28 heavy (non-hydrogen) atoms. The van der Waals surface area contributed by atoms with E-state index in [9.17, 15) is 10.1 Å². The van der Waals surface area contributed by atoms with Crippen molar-refractivity contribution in [2.24, 2.45) is 0 Å². The number of hydrogen-bond acceptors (Lipinski definition) is 5. The molecule has 0 radical (unpaired) electrons. The second-order valence-electron chi connectivity index (χ2n) is 7.27. The lowest BCUT2D eigenvalue weighted by molar-refractivity contribution is -0.384. The molecule has 7 nitrogen and oxygen atoms in total. The van der Waals surface area contributed by atoms with Crippen LogP contribution in [0.3, 0.4) is 0 Å². The molecule has 3 aromatic rings. The monoisotopic (exact) mass is 379 g/mol. The molecule has 146 valence electrons. The standard InChI is InChI=1S/C21H25N5O2/c1-2-3-10-24-11-13-25(14-12-24)17-6-4-16(5-7-17)21-22-19-9-8-18(26(27)28)15-20(19)23-21/h4-9,15H,2-3,10-14H2,1H3,(H,22,23). The lowest BCUT2D eigenvalue weighted by atomic mass is 10.1. The molecule has 1 aliphatic heterocycles. The molecule has 0 spiro atoms. The van der Waals surface area contributed by atoms with E-state index in [0.717, 1.165) is 43.1 Å². The number of imidazole rings is 1. The first-order chi connectivity index (χ1) is 13.6. The molecule has 1 aromatic heterocycles. The van der Waals surface area contributed by atoms with Crippen molar-refractivity contribution in [3.8, 4) is 11.4 Å². The highest BCUT2D eigenvalue weighted by molar-refractivity contribution is 5.81. The zero-order valence-electron chi connectivity index (χ0n) is 16.1. The molecule has 0 saturated carbocycles. The van der Waals surface area contributed by atoms with Gasteiger partial charge in [0.2, 0.25) is 0 Å². The maximum Gasteiger partial charge on any atom is 0.271 e. The molecule has 1 fully saturated rings. The number of rotatable bonds is 6. The molecular weight excluding hydrogens is 354 g/mol. The van der Waals surface area contributed by atoms with E-state index in [1.54, 1.807) is 6.07 Å². The van der Waals surface area contributed by atoms with Crippen molar-refractivity contribution in [1.82, 2.24) is 14.9 Å². The predicted octanol–water partition coefficient (Wildman–Crippen LogP) is 4.06. The molecule has 0 atom stereocenters. The van der Waals surface area contributed by atoms with Crippen LogP contribution in [0.5, 0.6) is 0 Å². The van der Waals surface area contributed by atoms with Crippen molar-refractivity contribution in [2.45, 2.75) is 19.8 Å². The summed E-state index contributed by atoms with van der Waals surface area (Å²) in [5, 5.41) is 10.9. The van der Waals surface area contributed by atoms with Crippen molar-refractivity contribution in [3.63, 3.8) is 0 Å². The van der Waals surface area contributed by atoms with Crippen LogP contribution in [0.1, 0.15) is 19.8 Å². The number of hydrogen-bond donors (Lipinski definition) is 1. The van der Waals surface area contributed by atoms with Gasteiger partial charge in [0.05, 0.1) is 16.0 Å². The van der Waals surface area contributed by atoms with Gasteiger partial charge in [-0.2, -0.15) is 0 Å². The quantitative estimate of drug-likeness (QED) is 0.516. The number of nitrogens with one attached hydrogen (secondary N) is 1. The Morgan fingerprint density at radius 1 is 1.11 bits per heavy atom. The van der Waals surface area contributed by atoms with E-state index in [-0.39, 0.29) is 5.69 Å². The van der Waals surface area contributed by atoms with Crippen LogP contribution in [0, 0.1) is 10.1 Å². The number of unbranched alkanes of at least 4 members (excludes halogenated alkanes) is 1. The van der Waals surface area contributed by atoms with E-state index in [0.29, 0.717) is 5.52 Å². The molecule has 1 aliphatic rings. The van der Waals surface area contributed by atoms with Gasteiger partial charge in [-0.3, -0.25) is 15.0 Å². The first-order valence-corrected chi connectivity index (χ1v) is 9.86. The van der Waals surface area contributed by atoms with Gasteiger partial charge in [-0.15, -0.1) is 0 Å². The molecule has 1 N–H and O–H groups in total. The number of nitrogens with zero attached hydrogens (tertiary/aromatic N) is 4. The lowest BCUT2D eigenvalue weighted by Crippen LogP contribution is -2.46. The molecule has 1 saturated heterocycles. The van der Waals surface area contributed by atoms with E-state index in [4.69, 9.17) is 0 Å². The summed E-state index contributed by atoms with van der Waals surface area (Å²) in [5.41, 5.74) is 3.68. The number of aromatic nitrogens is 2. The third-order valence-corrected chi connectivity index (χ3v) is 5.38. The fourth-order valence-electron chi connectivity index (χ4n) is 3.69. The summed E-state index contributed by atoms with van der Waals surface area (Å²) in [6, 6.07) is 13.1. The van der Waals surface area contributed by atoms with Gasteiger partial charge in [0, 0.05) is 49.6 Å². The Morgan fingerprint density at radius 2 is 1.86 bits per heavy atom. The van der Waals surface area contributed by atoms with Gasteiger partial charge in [-0.1, -0.05) is 13.3 Å². The summed E-state index contributed by atoms with van der Waals surface area (Å²) < 4.78 is 0. The minimum Gasteiger partial charge on any atom is -0.369 e. The number of anilines is 1. The van der Waals surface area contributed by atoms with Gasteiger partial charge in [-0.25, -0.2) is 4.98 Å². The van der Waals surface area contributed by atoms with Crippen LogP contribution in [0.2, 0.25) is 0 Å². The first kappa shape index (κ1) is 18.4. The third kappa shape index (κ3) is 3.84. The van der Waals surface area contributed by atoms with Crippen LogP contribution in [-0.4, -0.2) is 52.5 Å². The maximum absolute atomic E-state index is 10.9. The molecule has 7 heteroatoms. The Kier molecular flexibility index (Phi) is 5.25. The van der Waals surface area contributed by atoms with Gasteiger partial charge < -0.3 is 9.88 Å². The third-order valence-electron chi connectivity index (χ3n) is 5.38. The van der Waals surface area contributed by atoms with E-state index in [1.165, 1.54) is 37.2 Å². The number of piperazine rings is 1. The summed E-state index contributed by atoms with van der Waals surface area (Å²) in [5.74, 6) is 0.728. The van der Waals surface area contributed by atoms with Crippen LogP contribution in [-0.2, 0) is 0 Å². The summed E-state index contributed by atoms with van der Waals surface area (Å²) in [4.78, 5) is 23.3. The summed E-state index contributed by atoms with van der Waals surface area (Å²) in [7, 11) is 0. The Balaban J connectivity index is 1.46. The lowest BCUT2D eigenvalue weighted by Gasteiger charge is -2.36. The van der Waals surface area contributed by atoms with Gasteiger partial charge in [0.25, 0.3) is 5.69 Å². The number of non-ortho nitro benzene ring substituents is 1. The topological polar surface area (TPSA) is 78.3 Å². The molecule has 2 heterocycles. The largest absolute Gasteiger partial charge is 0.369 e. The smallest absolute Gasteiger partial charge is 0.271 e. The van der Waals surface area contributed by atoms with Crippen LogP contribution >= 0.6 is 0 Å².